The molecule has 0 unspecified atom stereocenters. The van der Waals surface area contributed by atoms with Crippen molar-refractivity contribution in [3.8, 4) is 11.4 Å². The maximum Gasteiger partial charge on any atom is 0.178 e. The van der Waals surface area contributed by atoms with Crippen LogP contribution in [0.15, 0.2) is 143 Å². The van der Waals surface area contributed by atoms with Crippen LogP contribution in [0, 0.1) is 0 Å². The molecule has 11 rings (SSSR count). The highest BCUT2D eigenvalue weighted by atomic mass is 16.4. The molecule has 6 heterocycles. The maximum absolute atomic E-state index is 6.53. The van der Waals surface area contributed by atoms with Crippen LogP contribution in [0.2, 0.25) is 0 Å². The van der Waals surface area contributed by atoms with Gasteiger partial charge >= 0.3 is 0 Å². The third-order valence-corrected chi connectivity index (χ3v) is 9.43. The lowest BCUT2D eigenvalue weighted by molar-refractivity contribution is 0.633. The maximum atomic E-state index is 6.53. The molecule has 5 aromatic carbocycles. The van der Waals surface area contributed by atoms with E-state index in [1.807, 2.05) is 24.5 Å². The minimum absolute atomic E-state index is 0.751. The zero-order chi connectivity index (χ0) is 29.9. The number of fused-ring (bicyclic) bond motifs is 13. The summed E-state index contributed by atoms with van der Waals surface area (Å²) in [6, 6.07) is 42.2. The summed E-state index contributed by atoms with van der Waals surface area (Å²) >= 11 is 0. The number of aromatic nitrogens is 4. The Morgan fingerprint density at radius 3 is 1.35 bits per heavy atom. The van der Waals surface area contributed by atoms with Gasteiger partial charge in [0.1, 0.15) is 22.5 Å². The van der Waals surface area contributed by atoms with Crippen molar-refractivity contribution in [3.05, 3.63) is 134 Å². The molecule has 0 radical (unpaired) electrons. The molecule has 214 valence electrons. The van der Waals surface area contributed by atoms with Gasteiger partial charge in [0.15, 0.2) is 11.2 Å². The average Bonchev–Trinajstić information content (AvgIpc) is 3.85. The Bertz CT molecular complexity index is 2730. The van der Waals surface area contributed by atoms with Gasteiger partial charge in [0.05, 0.1) is 11.0 Å². The van der Waals surface area contributed by atoms with Crippen LogP contribution in [0.4, 0.5) is 0 Å². The first-order chi connectivity index (χ1) is 22.8. The predicted molar refractivity (Wildman–Crippen MR) is 185 cm³/mol. The number of rotatable bonds is 2. The predicted octanol–water partition coefficient (Wildman–Crippen LogP) is 10.5. The highest BCUT2D eigenvalue weighted by Crippen LogP contribution is 2.41. The number of hydrogen-bond donors (Lipinski definition) is 0. The zero-order valence-electron chi connectivity index (χ0n) is 24.3. The summed E-state index contributed by atoms with van der Waals surface area (Å²) in [5.41, 5.74) is 9.32. The Hall–Kier alpha value is -6.40. The molecule has 0 N–H and O–H groups in total. The molecule has 0 aliphatic rings. The summed E-state index contributed by atoms with van der Waals surface area (Å²) in [5.74, 6) is 0. The van der Waals surface area contributed by atoms with Crippen molar-refractivity contribution >= 4 is 87.7 Å². The minimum Gasteiger partial charge on any atom is -0.452 e. The molecule has 0 fully saturated rings. The first-order valence-electron chi connectivity index (χ1n) is 15.3. The van der Waals surface area contributed by atoms with Gasteiger partial charge in [-0.05, 0) is 84.9 Å². The first-order valence-corrected chi connectivity index (χ1v) is 15.3. The summed E-state index contributed by atoms with van der Waals surface area (Å²) in [5, 5.41) is 8.74. The largest absolute Gasteiger partial charge is 0.452 e. The second-order valence-corrected chi connectivity index (χ2v) is 11.8. The Kier molecular flexibility index (Phi) is 4.49. The van der Waals surface area contributed by atoms with E-state index >= 15 is 0 Å². The van der Waals surface area contributed by atoms with E-state index in [0.717, 1.165) is 88.4 Å². The van der Waals surface area contributed by atoms with Gasteiger partial charge in [0.2, 0.25) is 0 Å². The molecule has 0 bridgehead atoms. The van der Waals surface area contributed by atoms with Crippen LogP contribution in [0.5, 0.6) is 0 Å². The summed E-state index contributed by atoms with van der Waals surface area (Å²) in [6.45, 7) is 0. The van der Waals surface area contributed by atoms with Crippen molar-refractivity contribution in [1.29, 1.82) is 0 Å². The standard InChI is InChI=1S/C40H22N4O2/c1-3-11-33-25(7-1)29-9-5-19-41-39(29)43(33)23-13-17-35-31(21-23)27-15-16-28-32-22-24(14-18-36(32)46-38(28)37(27)45-35)44-34-12-4-2-8-26(34)30-10-6-20-42-40(30)44/h1-22H. The second-order valence-electron chi connectivity index (χ2n) is 11.8. The Morgan fingerprint density at radius 2 is 0.848 bits per heavy atom. The highest BCUT2D eigenvalue weighted by molar-refractivity contribution is 6.19. The van der Waals surface area contributed by atoms with Crippen LogP contribution in [-0.2, 0) is 0 Å². The van der Waals surface area contributed by atoms with E-state index < -0.39 is 0 Å². The first kappa shape index (κ1) is 24.0. The molecule has 6 aromatic heterocycles. The third-order valence-electron chi connectivity index (χ3n) is 9.43. The fourth-order valence-electron chi connectivity index (χ4n) is 7.44. The van der Waals surface area contributed by atoms with Crippen molar-refractivity contribution in [2.45, 2.75) is 0 Å². The molecule has 46 heavy (non-hydrogen) atoms. The fraction of sp³-hybridized carbons (Fsp3) is 0. The van der Waals surface area contributed by atoms with E-state index in [1.165, 1.54) is 10.8 Å². The molecule has 0 saturated heterocycles. The highest BCUT2D eigenvalue weighted by Gasteiger charge is 2.20. The van der Waals surface area contributed by atoms with Gasteiger partial charge in [-0.1, -0.05) is 36.4 Å². The van der Waals surface area contributed by atoms with Crippen molar-refractivity contribution < 1.29 is 8.83 Å². The molecule has 0 amide bonds. The van der Waals surface area contributed by atoms with Crippen LogP contribution in [0.25, 0.3) is 99.1 Å². The van der Waals surface area contributed by atoms with Crippen LogP contribution < -0.4 is 0 Å². The Balaban J connectivity index is 1.13. The van der Waals surface area contributed by atoms with Gasteiger partial charge in [0.25, 0.3) is 0 Å². The van der Waals surface area contributed by atoms with E-state index in [-0.39, 0.29) is 0 Å². The molecule has 0 atom stereocenters. The molecule has 0 spiro atoms. The summed E-state index contributed by atoms with van der Waals surface area (Å²) in [7, 11) is 0. The lowest BCUT2D eigenvalue weighted by Crippen LogP contribution is -1.94. The van der Waals surface area contributed by atoms with Crippen LogP contribution >= 0.6 is 0 Å². The number of hydrogen-bond acceptors (Lipinski definition) is 4. The molecule has 11 aromatic rings. The van der Waals surface area contributed by atoms with Gasteiger partial charge < -0.3 is 8.83 Å². The van der Waals surface area contributed by atoms with Crippen LogP contribution in [0.3, 0.4) is 0 Å². The van der Waals surface area contributed by atoms with E-state index in [0.29, 0.717) is 0 Å². The monoisotopic (exact) mass is 590 g/mol. The number of para-hydroxylation sites is 2. The molecular weight excluding hydrogens is 568 g/mol. The summed E-state index contributed by atoms with van der Waals surface area (Å²) in [4.78, 5) is 9.54. The van der Waals surface area contributed by atoms with Crippen LogP contribution in [0.1, 0.15) is 0 Å². The third kappa shape index (κ3) is 3.05. The minimum atomic E-state index is 0.751. The average molecular weight is 591 g/mol. The number of furan rings is 2. The normalized spacial score (nSPS) is 12.3. The zero-order valence-corrected chi connectivity index (χ0v) is 24.3. The SMILES string of the molecule is c1ccc2c(c1)c1cccnc1n2-c1ccc2oc3c(ccc4c5cc(-n6c7ccccc7c7cccnc76)ccc5oc43)c2c1. The molecule has 6 heteroatoms. The molecule has 0 aliphatic heterocycles. The van der Waals surface area contributed by atoms with E-state index in [4.69, 9.17) is 18.8 Å². The quantitative estimate of drug-likeness (QED) is 0.201. The second kappa shape index (κ2) is 8.61. The van der Waals surface area contributed by atoms with E-state index in [9.17, 15) is 0 Å². The Morgan fingerprint density at radius 1 is 0.391 bits per heavy atom. The molecule has 6 nitrogen and oxygen atoms in total. The van der Waals surface area contributed by atoms with Gasteiger partial charge in [-0.3, -0.25) is 9.13 Å². The molecule has 0 saturated carbocycles. The lowest BCUT2D eigenvalue weighted by Gasteiger charge is -2.07. The summed E-state index contributed by atoms with van der Waals surface area (Å²) < 4.78 is 17.5. The van der Waals surface area contributed by atoms with Crippen molar-refractivity contribution in [3.63, 3.8) is 0 Å². The molecular formula is C40H22N4O2. The van der Waals surface area contributed by atoms with Gasteiger partial charge in [-0.2, -0.15) is 0 Å². The van der Waals surface area contributed by atoms with Crippen molar-refractivity contribution in [1.82, 2.24) is 19.1 Å². The van der Waals surface area contributed by atoms with E-state index in [1.54, 1.807) is 0 Å². The van der Waals surface area contributed by atoms with Gasteiger partial charge in [0, 0.05) is 66.9 Å². The number of nitrogens with zero attached hydrogens (tertiary/aromatic N) is 4. The van der Waals surface area contributed by atoms with Gasteiger partial charge in [-0.15, -0.1) is 0 Å². The van der Waals surface area contributed by atoms with E-state index in [2.05, 4.69) is 118 Å². The summed E-state index contributed by atoms with van der Waals surface area (Å²) in [6.07, 6.45) is 3.70. The number of pyridine rings is 2. The van der Waals surface area contributed by atoms with Crippen molar-refractivity contribution in [2.24, 2.45) is 0 Å². The number of benzene rings is 5. The smallest absolute Gasteiger partial charge is 0.178 e. The lowest BCUT2D eigenvalue weighted by atomic mass is 10.1. The fourth-order valence-corrected chi connectivity index (χ4v) is 7.44. The Labute approximate surface area is 260 Å². The molecule has 0 aliphatic carbocycles. The topological polar surface area (TPSA) is 61.9 Å². The van der Waals surface area contributed by atoms with Gasteiger partial charge in [-0.25, -0.2) is 9.97 Å². The van der Waals surface area contributed by atoms with Crippen LogP contribution in [-0.4, -0.2) is 19.1 Å². The van der Waals surface area contributed by atoms with Crippen molar-refractivity contribution in [2.75, 3.05) is 0 Å².